The molecule has 1 saturated heterocycles. The Balaban J connectivity index is 1.92. The second-order valence-corrected chi connectivity index (χ2v) is 5.34. The number of aryl methyl sites for hydroxylation is 2. The van der Waals surface area contributed by atoms with Gasteiger partial charge in [0.05, 0.1) is 11.4 Å². The Labute approximate surface area is 124 Å². The Kier molecular flexibility index (Phi) is 4.82. The van der Waals surface area contributed by atoms with Crippen LogP contribution in [-0.2, 0) is 16.6 Å². The zero-order valence-corrected chi connectivity index (χ0v) is 12.6. The maximum absolute atomic E-state index is 12.1. The van der Waals surface area contributed by atoms with Crippen LogP contribution in [0.15, 0.2) is 0 Å². The molecule has 2 rings (SSSR count). The van der Waals surface area contributed by atoms with E-state index in [0.29, 0.717) is 11.4 Å². The predicted octanol–water partition coefficient (Wildman–Crippen LogP) is 0.870. The van der Waals surface area contributed by atoms with Crippen molar-refractivity contribution in [1.82, 2.24) is 14.7 Å². The summed E-state index contributed by atoms with van der Waals surface area (Å²) in [6.45, 7) is 2.95. The van der Waals surface area contributed by atoms with Gasteiger partial charge in [0.1, 0.15) is 0 Å². The largest absolute Gasteiger partial charge is 0.451 e. The lowest BCUT2D eigenvalue weighted by atomic mass is 10.2. The number of rotatable bonds is 3. The molecule has 0 atom stereocenters. The fraction of sp³-hybridized carbons (Fsp3) is 0.643. The molecule has 7 nitrogen and oxygen atoms in total. The van der Waals surface area contributed by atoms with E-state index in [4.69, 9.17) is 10.5 Å². The molecular formula is C14H22N4O3. The van der Waals surface area contributed by atoms with E-state index in [9.17, 15) is 9.59 Å². The first-order chi connectivity index (χ1) is 10.0. The van der Waals surface area contributed by atoms with Crippen LogP contribution >= 0.6 is 0 Å². The zero-order chi connectivity index (χ0) is 15.4. The first kappa shape index (κ1) is 15.3. The molecule has 0 saturated carbocycles. The average Bonchev–Trinajstić information content (AvgIpc) is 2.67. The fourth-order valence-corrected chi connectivity index (χ4v) is 2.52. The van der Waals surface area contributed by atoms with Gasteiger partial charge in [-0.05, 0) is 19.8 Å². The number of aromatic nitrogens is 2. The van der Waals surface area contributed by atoms with Crippen LogP contribution in [0, 0.1) is 6.92 Å². The number of nitrogen functional groups attached to an aromatic ring is 1. The number of ether oxygens (including phenoxy) is 1. The number of anilines is 1. The summed E-state index contributed by atoms with van der Waals surface area (Å²) in [5, 5.41) is 4.06. The number of hydrogen-bond acceptors (Lipinski definition) is 5. The number of amides is 1. The van der Waals surface area contributed by atoms with E-state index >= 15 is 0 Å². The lowest BCUT2D eigenvalue weighted by Crippen LogP contribution is -2.35. The Bertz CT molecular complexity index is 531. The first-order valence-electron chi connectivity index (χ1n) is 7.24. The number of hydrogen-bond donors (Lipinski definition) is 1. The SMILES string of the molecule is Cc1nn(C)c(C(=O)OCC(=O)N2CCCCCC2)c1N. The van der Waals surface area contributed by atoms with Crippen LogP contribution in [0.2, 0.25) is 0 Å². The summed E-state index contributed by atoms with van der Waals surface area (Å²) in [7, 11) is 1.62. The lowest BCUT2D eigenvalue weighted by Gasteiger charge is -2.19. The molecule has 1 amide bonds. The Morgan fingerprint density at radius 1 is 1.24 bits per heavy atom. The van der Waals surface area contributed by atoms with Gasteiger partial charge in [-0.25, -0.2) is 4.79 Å². The topological polar surface area (TPSA) is 90.5 Å². The van der Waals surface area contributed by atoms with E-state index in [-0.39, 0.29) is 18.2 Å². The normalized spacial score (nSPS) is 15.6. The summed E-state index contributed by atoms with van der Waals surface area (Å²) in [4.78, 5) is 25.8. The number of likely N-dealkylation sites (tertiary alicyclic amines) is 1. The Hall–Kier alpha value is -2.05. The van der Waals surface area contributed by atoms with Crippen LogP contribution in [-0.4, -0.2) is 46.3 Å². The van der Waals surface area contributed by atoms with Gasteiger partial charge in [-0.15, -0.1) is 0 Å². The molecule has 1 aromatic rings. The highest BCUT2D eigenvalue weighted by atomic mass is 16.5. The third-order valence-electron chi connectivity index (χ3n) is 3.75. The smallest absolute Gasteiger partial charge is 0.359 e. The van der Waals surface area contributed by atoms with Crippen molar-refractivity contribution < 1.29 is 14.3 Å². The highest BCUT2D eigenvalue weighted by Gasteiger charge is 2.22. The van der Waals surface area contributed by atoms with Crippen LogP contribution in [0.5, 0.6) is 0 Å². The van der Waals surface area contributed by atoms with Gasteiger partial charge in [0, 0.05) is 20.1 Å². The quantitative estimate of drug-likeness (QED) is 0.835. The van der Waals surface area contributed by atoms with E-state index in [2.05, 4.69) is 5.10 Å². The van der Waals surface area contributed by atoms with Gasteiger partial charge in [-0.2, -0.15) is 5.10 Å². The molecule has 2 heterocycles. The molecule has 21 heavy (non-hydrogen) atoms. The van der Waals surface area contributed by atoms with Crippen LogP contribution in [0.25, 0.3) is 0 Å². The fourth-order valence-electron chi connectivity index (χ4n) is 2.52. The summed E-state index contributed by atoms with van der Waals surface area (Å²) in [6.07, 6.45) is 4.31. The minimum absolute atomic E-state index is 0.150. The molecule has 1 aromatic heterocycles. The number of nitrogens with zero attached hydrogens (tertiary/aromatic N) is 3. The van der Waals surface area contributed by atoms with Crippen molar-refractivity contribution in [2.75, 3.05) is 25.4 Å². The maximum Gasteiger partial charge on any atom is 0.359 e. The highest BCUT2D eigenvalue weighted by Crippen LogP contribution is 2.16. The zero-order valence-electron chi connectivity index (χ0n) is 12.6. The van der Waals surface area contributed by atoms with Crippen LogP contribution in [0.3, 0.4) is 0 Å². The third kappa shape index (κ3) is 3.53. The minimum Gasteiger partial charge on any atom is -0.451 e. The molecule has 1 fully saturated rings. The summed E-state index contributed by atoms with van der Waals surface area (Å²) in [5.41, 5.74) is 6.85. The molecule has 0 unspecified atom stereocenters. The standard InChI is InChI=1S/C14H22N4O3/c1-10-12(15)13(17(2)16-10)14(20)21-9-11(19)18-7-5-3-4-6-8-18/h3-9,15H2,1-2H3. The van der Waals surface area contributed by atoms with Gasteiger partial charge in [0.2, 0.25) is 0 Å². The predicted molar refractivity (Wildman–Crippen MR) is 77.7 cm³/mol. The van der Waals surface area contributed by atoms with Crippen LogP contribution < -0.4 is 5.73 Å². The van der Waals surface area contributed by atoms with Crippen molar-refractivity contribution in [3.8, 4) is 0 Å². The van der Waals surface area contributed by atoms with E-state index in [1.54, 1.807) is 18.9 Å². The maximum atomic E-state index is 12.1. The van der Waals surface area contributed by atoms with Gasteiger partial charge in [0.25, 0.3) is 5.91 Å². The van der Waals surface area contributed by atoms with Gasteiger partial charge in [-0.1, -0.05) is 12.8 Å². The molecular weight excluding hydrogens is 272 g/mol. The molecule has 0 bridgehead atoms. The Morgan fingerprint density at radius 3 is 2.38 bits per heavy atom. The number of nitrogens with two attached hydrogens (primary N) is 1. The van der Waals surface area contributed by atoms with E-state index in [1.165, 1.54) is 4.68 Å². The average molecular weight is 294 g/mol. The molecule has 0 spiro atoms. The molecule has 1 aliphatic rings. The van der Waals surface area contributed by atoms with Gasteiger partial charge in [-0.3, -0.25) is 9.48 Å². The van der Waals surface area contributed by atoms with Gasteiger partial charge < -0.3 is 15.4 Å². The summed E-state index contributed by atoms with van der Waals surface area (Å²) in [5.74, 6) is -0.763. The molecule has 116 valence electrons. The molecule has 1 aliphatic heterocycles. The lowest BCUT2D eigenvalue weighted by molar-refractivity contribution is -0.134. The summed E-state index contributed by atoms with van der Waals surface area (Å²) >= 11 is 0. The highest BCUT2D eigenvalue weighted by molar-refractivity contribution is 5.95. The van der Waals surface area contributed by atoms with E-state index in [1.807, 2.05) is 0 Å². The monoisotopic (exact) mass is 294 g/mol. The van der Waals surface area contributed by atoms with Crippen molar-refractivity contribution in [2.45, 2.75) is 32.6 Å². The van der Waals surface area contributed by atoms with Crippen molar-refractivity contribution >= 4 is 17.6 Å². The van der Waals surface area contributed by atoms with Gasteiger partial charge in [0.15, 0.2) is 12.3 Å². The second-order valence-electron chi connectivity index (χ2n) is 5.34. The van der Waals surface area contributed by atoms with E-state index < -0.39 is 5.97 Å². The number of esters is 1. The van der Waals surface area contributed by atoms with E-state index in [0.717, 1.165) is 38.8 Å². The van der Waals surface area contributed by atoms with Gasteiger partial charge >= 0.3 is 5.97 Å². The second kappa shape index (κ2) is 6.60. The molecule has 0 radical (unpaired) electrons. The summed E-state index contributed by atoms with van der Waals surface area (Å²) in [6, 6.07) is 0. The Morgan fingerprint density at radius 2 is 1.86 bits per heavy atom. The minimum atomic E-state index is -0.612. The van der Waals surface area contributed by atoms with Crippen molar-refractivity contribution in [1.29, 1.82) is 0 Å². The van der Waals surface area contributed by atoms with Crippen molar-refractivity contribution in [3.63, 3.8) is 0 Å². The molecule has 7 heteroatoms. The summed E-state index contributed by atoms with van der Waals surface area (Å²) < 4.78 is 6.47. The molecule has 2 N–H and O–H groups in total. The van der Waals surface area contributed by atoms with Crippen molar-refractivity contribution in [2.24, 2.45) is 7.05 Å². The van der Waals surface area contributed by atoms with Crippen molar-refractivity contribution in [3.05, 3.63) is 11.4 Å². The number of carbonyl (C=O) groups is 2. The molecule has 0 aliphatic carbocycles. The number of carbonyl (C=O) groups excluding carboxylic acids is 2. The van der Waals surface area contributed by atoms with Crippen LogP contribution in [0.1, 0.15) is 41.9 Å². The van der Waals surface area contributed by atoms with Crippen LogP contribution in [0.4, 0.5) is 5.69 Å². The molecule has 0 aromatic carbocycles. The first-order valence-corrected chi connectivity index (χ1v) is 7.24. The third-order valence-corrected chi connectivity index (χ3v) is 3.75.